The Morgan fingerprint density at radius 2 is 1.95 bits per heavy atom. The van der Waals surface area contributed by atoms with Crippen LogP contribution in [0.15, 0.2) is 23.2 Å². The Labute approximate surface area is 133 Å². The number of guanidine groups is 1. The molecule has 1 aromatic rings. The average Bonchev–Trinajstić information content (AvgIpc) is 2.32. The van der Waals surface area contributed by atoms with Gasteiger partial charge in [-0.25, -0.2) is 0 Å². The topological polar surface area (TPSA) is 79.5 Å². The Kier molecular flexibility index (Phi) is 5.70. The third kappa shape index (κ3) is 5.44. The van der Waals surface area contributed by atoms with Crippen molar-refractivity contribution in [2.24, 2.45) is 10.7 Å². The van der Waals surface area contributed by atoms with E-state index in [0.717, 1.165) is 12.8 Å². The fourth-order valence-electron chi connectivity index (χ4n) is 1.93. The van der Waals surface area contributed by atoms with E-state index in [4.69, 9.17) is 28.9 Å². The number of hydrogen-bond donors (Lipinski definition) is 3. The van der Waals surface area contributed by atoms with Gasteiger partial charge in [0.2, 0.25) is 5.91 Å². The first-order valence-corrected chi connectivity index (χ1v) is 7.61. The van der Waals surface area contributed by atoms with Gasteiger partial charge in [-0.05, 0) is 37.5 Å². The molecule has 4 N–H and O–H groups in total. The molecular weight excluding hydrogens is 311 g/mol. The first-order chi connectivity index (χ1) is 10.0. The summed E-state index contributed by atoms with van der Waals surface area (Å²) in [5, 5.41) is 6.79. The molecule has 0 radical (unpaired) electrons. The summed E-state index contributed by atoms with van der Waals surface area (Å²) in [5.74, 6) is 0.242. The number of benzene rings is 1. The van der Waals surface area contributed by atoms with E-state index in [1.54, 1.807) is 18.2 Å². The van der Waals surface area contributed by atoms with Crippen LogP contribution in [0.3, 0.4) is 0 Å². The van der Waals surface area contributed by atoms with Gasteiger partial charge in [0.25, 0.3) is 0 Å². The number of carbonyl (C=O) groups excluding carboxylic acids is 1. The van der Waals surface area contributed by atoms with Gasteiger partial charge in [-0.15, -0.1) is 0 Å². The summed E-state index contributed by atoms with van der Waals surface area (Å²) in [6.07, 6.45) is 3.74. The third-order valence-corrected chi connectivity index (χ3v) is 3.66. The number of anilines is 1. The van der Waals surface area contributed by atoms with Crippen LogP contribution >= 0.6 is 23.2 Å². The average molecular weight is 329 g/mol. The quantitative estimate of drug-likeness (QED) is 0.574. The fourth-order valence-corrected chi connectivity index (χ4v) is 2.46. The molecule has 114 valence electrons. The minimum Gasteiger partial charge on any atom is -0.370 e. The normalized spacial score (nSPS) is 15.4. The van der Waals surface area contributed by atoms with Crippen molar-refractivity contribution in [2.75, 3.05) is 11.9 Å². The second kappa shape index (κ2) is 7.52. The number of amides is 1. The monoisotopic (exact) mass is 328 g/mol. The van der Waals surface area contributed by atoms with Gasteiger partial charge in [-0.2, -0.15) is 0 Å². The van der Waals surface area contributed by atoms with Gasteiger partial charge in [0.05, 0.1) is 6.54 Å². The zero-order valence-corrected chi connectivity index (χ0v) is 13.0. The number of nitrogens with one attached hydrogen (secondary N) is 2. The summed E-state index contributed by atoms with van der Waals surface area (Å²) in [6.45, 7) is 0.339. The molecule has 0 aliphatic heterocycles. The Bertz CT molecular complexity index is 524. The highest BCUT2D eigenvalue weighted by Crippen LogP contribution is 2.22. The summed E-state index contributed by atoms with van der Waals surface area (Å²) >= 11 is 11.7. The zero-order valence-electron chi connectivity index (χ0n) is 11.5. The molecule has 0 atom stereocenters. The van der Waals surface area contributed by atoms with Crippen molar-refractivity contribution >= 4 is 40.8 Å². The van der Waals surface area contributed by atoms with Crippen molar-refractivity contribution in [2.45, 2.75) is 31.7 Å². The minimum absolute atomic E-state index is 0.159. The van der Waals surface area contributed by atoms with Crippen LogP contribution in [-0.2, 0) is 4.79 Å². The Morgan fingerprint density at radius 1 is 1.29 bits per heavy atom. The van der Waals surface area contributed by atoms with Gasteiger partial charge in [-0.1, -0.05) is 23.2 Å². The van der Waals surface area contributed by atoms with E-state index in [0.29, 0.717) is 34.3 Å². The van der Waals surface area contributed by atoms with Crippen LogP contribution < -0.4 is 16.4 Å². The van der Waals surface area contributed by atoms with Gasteiger partial charge in [0.15, 0.2) is 5.96 Å². The van der Waals surface area contributed by atoms with Gasteiger partial charge in [-0.3, -0.25) is 9.79 Å². The lowest BCUT2D eigenvalue weighted by molar-refractivity contribution is -0.116. The Morgan fingerprint density at radius 3 is 2.52 bits per heavy atom. The molecule has 1 amide bonds. The van der Waals surface area contributed by atoms with Crippen LogP contribution in [0.25, 0.3) is 0 Å². The van der Waals surface area contributed by atoms with Crippen LogP contribution in [0.1, 0.15) is 25.7 Å². The molecule has 7 heteroatoms. The molecule has 0 spiro atoms. The van der Waals surface area contributed by atoms with Crippen LogP contribution in [0.5, 0.6) is 0 Å². The van der Waals surface area contributed by atoms with E-state index in [1.807, 2.05) is 0 Å². The van der Waals surface area contributed by atoms with Crippen LogP contribution in [0, 0.1) is 0 Å². The third-order valence-electron chi connectivity index (χ3n) is 3.22. The molecular formula is C14H18Cl2N4O. The van der Waals surface area contributed by atoms with Crippen LogP contribution in [0.4, 0.5) is 5.69 Å². The maximum Gasteiger partial charge on any atom is 0.226 e. The molecule has 1 aromatic carbocycles. The highest BCUT2D eigenvalue weighted by atomic mass is 35.5. The van der Waals surface area contributed by atoms with E-state index in [2.05, 4.69) is 15.6 Å². The second-order valence-electron chi connectivity index (χ2n) is 5.00. The molecule has 5 nitrogen and oxygen atoms in total. The lowest BCUT2D eigenvalue weighted by Crippen LogP contribution is -2.43. The highest BCUT2D eigenvalue weighted by Gasteiger charge is 2.17. The first kappa shape index (κ1) is 15.9. The summed E-state index contributed by atoms with van der Waals surface area (Å²) < 4.78 is 0. The number of hydrogen-bond acceptors (Lipinski definition) is 2. The largest absolute Gasteiger partial charge is 0.370 e. The molecule has 0 saturated heterocycles. The van der Waals surface area contributed by atoms with Crippen molar-refractivity contribution in [1.29, 1.82) is 0 Å². The van der Waals surface area contributed by atoms with Crippen LogP contribution in [0.2, 0.25) is 10.0 Å². The van der Waals surface area contributed by atoms with E-state index < -0.39 is 0 Å². The van der Waals surface area contributed by atoms with Gasteiger partial charge < -0.3 is 16.4 Å². The van der Waals surface area contributed by atoms with Crippen molar-refractivity contribution < 1.29 is 4.79 Å². The van der Waals surface area contributed by atoms with Crippen molar-refractivity contribution in [3.63, 3.8) is 0 Å². The SMILES string of the molecule is NC(=NCCC(=O)Nc1cc(Cl)cc(Cl)c1)NC1CCC1. The molecule has 1 aliphatic carbocycles. The van der Waals surface area contributed by atoms with E-state index in [1.165, 1.54) is 6.42 Å². The van der Waals surface area contributed by atoms with E-state index >= 15 is 0 Å². The van der Waals surface area contributed by atoms with E-state index in [9.17, 15) is 4.79 Å². The number of carbonyl (C=O) groups is 1. The Hall–Kier alpha value is -1.46. The highest BCUT2D eigenvalue weighted by molar-refractivity contribution is 6.35. The molecule has 1 fully saturated rings. The van der Waals surface area contributed by atoms with Gasteiger partial charge >= 0.3 is 0 Å². The maximum atomic E-state index is 11.8. The summed E-state index contributed by atoms with van der Waals surface area (Å²) in [7, 11) is 0. The fraction of sp³-hybridized carbons (Fsp3) is 0.429. The molecule has 0 heterocycles. The number of aliphatic imine (C=N–C) groups is 1. The predicted octanol–water partition coefficient (Wildman–Crippen LogP) is 2.78. The second-order valence-corrected chi connectivity index (χ2v) is 5.87. The lowest BCUT2D eigenvalue weighted by Gasteiger charge is -2.26. The maximum absolute atomic E-state index is 11.8. The molecule has 2 rings (SSSR count). The molecule has 1 aliphatic rings. The zero-order chi connectivity index (χ0) is 15.2. The number of nitrogens with zero attached hydrogens (tertiary/aromatic N) is 1. The van der Waals surface area contributed by atoms with Gasteiger partial charge in [0, 0.05) is 28.2 Å². The molecule has 0 aromatic heterocycles. The Balaban J connectivity index is 1.75. The van der Waals surface area contributed by atoms with Crippen molar-refractivity contribution in [1.82, 2.24) is 5.32 Å². The first-order valence-electron chi connectivity index (χ1n) is 6.85. The van der Waals surface area contributed by atoms with Crippen molar-refractivity contribution in [3.8, 4) is 0 Å². The van der Waals surface area contributed by atoms with Crippen LogP contribution in [-0.4, -0.2) is 24.5 Å². The molecule has 0 unspecified atom stereocenters. The summed E-state index contributed by atoms with van der Waals surface area (Å²) in [6, 6.07) is 5.33. The summed E-state index contributed by atoms with van der Waals surface area (Å²) in [5.41, 5.74) is 6.31. The summed E-state index contributed by atoms with van der Waals surface area (Å²) in [4.78, 5) is 15.9. The number of halogens is 2. The minimum atomic E-state index is -0.159. The lowest BCUT2D eigenvalue weighted by atomic mass is 9.93. The molecule has 1 saturated carbocycles. The predicted molar refractivity (Wildman–Crippen MR) is 87.0 cm³/mol. The van der Waals surface area contributed by atoms with E-state index in [-0.39, 0.29) is 12.3 Å². The number of nitrogens with two attached hydrogens (primary N) is 1. The smallest absolute Gasteiger partial charge is 0.226 e. The standard InChI is InChI=1S/C14H18Cl2N4O/c15-9-6-10(16)8-12(7-9)19-13(21)4-5-18-14(17)20-11-2-1-3-11/h6-8,11H,1-5H2,(H,19,21)(H3,17,18,20). The van der Waals surface area contributed by atoms with Gasteiger partial charge in [0.1, 0.15) is 0 Å². The molecule has 0 bridgehead atoms. The molecule has 21 heavy (non-hydrogen) atoms. The van der Waals surface area contributed by atoms with Crippen molar-refractivity contribution in [3.05, 3.63) is 28.2 Å². The number of rotatable bonds is 5.